The van der Waals surface area contributed by atoms with Crippen LogP contribution in [0.5, 0.6) is 0 Å². The van der Waals surface area contributed by atoms with E-state index >= 15 is 0 Å². The van der Waals surface area contributed by atoms with Crippen molar-refractivity contribution in [2.24, 2.45) is 5.92 Å². The Bertz CT molecular complexity index is 354. The van der Waals surface area contributed by atoms with Gasteiger partial charge in [-0.1, -0.05) is 36.2 Å². The second-order valence-corrected chi connectivity index (χ2v) is 5.40. The van der Waals surface area contributed by atoms with Crippen LogP contribution < -0.4 is 5.73 Å². The lowest BCUT2D eigenvalue weighted by molar-refractivity contribution is 0.0978. The monoisotopic (exact) mass is 283 g/mol. The van der Waals surface area contributed by atoms with Crippen molar-refractivity contribution in [3.05, 3.63) is 28.2 Å². The Balaban J connectivity index is 2.59. The van der Waals surface area contributed by atoms with Gasteiger partial charge in [0.2, 0.25) is 0 Å². The van der Waals surface area contributed by atoms with E-state index in [-0.39, 0.29) is 5.78 Å². The predicted molar refractivity (Wildman–Crippen MR) is 71.6 cm³/mol. The minimum absolute atomic E-state index is 0.175. The number of rotatable bonds is 5. The number of benzene rings is 1. The molecule has 0 bridgehead atoms. The zero-order valence-corrected chi connectivity index (χ0v) is 11.4. The molecule has 0 saturated heterocycles. The highest BCUT2D eigenvalue weighted by atomic mass is 79.9. The molecule has 3 heteroatoms. The van der Waals surface area contributed by atoms with Crippen LogP contribution in [0.25, 0.3) is 0 Å². The maximum absolute atomic E-state index is 11.9. The number of carbonyl (C=O) groups is 1. The zero-order chi connectivity index (χ0) is 12.1. The molecule has 0 fully saturated rings. The summed E-state index contributed by atoms with van der Waals surface area (Å²) in [6.45, 7) is 4.34. The number of anilines is 1. The van der Waals surface area contributed by atoms with Crippen LogP contribution >= 0.6 is 15.9 Å². The van der Waals surface area contributed by atoms with Crippen LogP contribution in [0.1, 0.15) is 43.5 Å². The van der Waals surface area contributed by atoms with Gasteiger partial charge in [-0.15, -0.1) is 0 Å². The van der Waals surface area contributed by atoms with Crippen molar-refractivity contribution in [1.82, 2.24) is 0 Å². The summed E-state index contributed by atoms with van der Waals surface area (Å²) in [4.78, 5) is 11.9. The van der Waals surface area contributed by atoms with E-state index < -0.39 is 0 Å². The van der Waals surface area contributed by atoms with Gasteiger partial charge in [0.15, 0.2) is 5.78 Å². The van der Waals surface area contributed by atoms with Crippen molar-refractivity contribution in [1.29, 1.82) is 0 Å². The largest absolute Gasteiger partial charge is 0.399 e. The molecule has 0 unspecified atom stereocenters. The Morgan fingerprint density at radius 3 is 2.62 bits per heavy atom. The topological polar surface area (TPSA) is 43.1 Å². The summed E-state index contributed by atoms with van der Waals surface area (Å²) in [5, 5.41) is 0. The maximum atomic E-state index is 11.9. The molecule has 2 nitrogen and oxygen atoms in total. The molecule has 1 aromatic rings. The van der Waals surface area contributed by atoms with Crippen molar-refractivity contribution in [3.63, 3.8) is 0 Å². The summed E-state index contributed by atoms with van der Waals surface area (Å²) in [5.74, 6) is 0.828. The molecular weight excluding hydrogens is 266 g/mol. The van der Waals surface area contributed by atoms with Gasteiger partial charge in [-0.3, -0.25) is 4.79 Å². The first-order valence-electron chi connectivity index (χ1n) is 5.58. The average Bonchev–Trinajstić information content (AvgIpc) is 2.15. The lowest BCUT2D eigenvalue weighted by Gasteiger charge is -2.05. The highest BCUT2D eigenvalue weighted by molar-refractivity contribution is 9.10. The van der Waals surface area contributed by atoms with E-state index in [0.717, 1.165) is 17.3 Å². The van der Waals surface area contributed by atoms with Gasteiger partial charge in [0.05, 0.1) is 0 Å². The number of hydrogen-bond acceptors (Lipinski definition) is 2. The molecule has 0 aliphatic heterocycles. The SMILES string of the molecule is CC(C)CCCC(=O)c1cc(N)cc(Br)c1. The first kappa shape index (κ1) is 13.2. The average molecular weight is 284 g/mol. The van der Waals surface area contributed by atoms with Gasteiger partial charge >= 0.3 is 0 Å². The van der Waals surface area contributed by atoms with Crippen molar-refractivity contribution < 1.29 is 4.79 Å². The van der Waals surface area contributed by atoms with E-state index in [1.807, 2.05) is 6.07 Å². The number of halogens is 1. The molecule has 1 aromatic carbocycles. The quantitative estimate of drug-likeness (QED) is 0.655. The lowest BCUT2D eigenvalue weighted by Crippen LogP contribution is -2.01. The third-order valence-corrected chi connectivity index (χ3v) is 2.89. The normalized spacial score (nSPS) is 10.8. The number of nitrogens with two attached hydrogens (primary N) is 1. The number of nitrogen functional groups attached to an aromatic ring is 1. The molecule has 0 saturated carbocycles. The standard InChI is InChI=1S/C13H18BrNO/c1-9(2)4-3-5-13(16)10-6-11(14)8-12(15)7-10/h6-9H,3-5,15H2,1-2H3. The molecule has 0 radical (unpaired) electrons. The summed E-state index contributed by atoms with van der Waals surface area (Å²) in [6, 6.07) is 5.36. The molecule has 0 aromatic heterocycles. The fourth-order valence-corrected chi connectivity index (χ4v) is 2.10. The van der Waals surface area contributed by atoms with Crippen LogP contribution in [0.4, 0.5) is 5.69 Å². The molecule has 88 valence electrons. The Morgan fingerprint density at radius 1 is 1.38 bits per heavy atom. The second kappa shape index (κ2) is 6.04. The summed E-state index contributed by atoms with van der Waals surface area (Å²) < 4.78 is 0.861. The molecule has 0 atom stereocenters. The van der Waals surface area contributed by atoms with Crippen LogP contribution in [-0.4, -0.2) is 5.78 Å². The van der Waals surface area contributed by atoms with Gasteiger partial charge in [0, 0.05) is 22.1 Å². The predicted octanol–water partition coefficient (Wildman–Crippen LogP) is 4.04. The van der Waals surface area contributed by atoms with Crippen molar-refractivity contribution in [2.45, 2.75) is 33.1 Å². The van der Waals surface area contributed by atoms with Gasteiger partial charge in [0.25, 0.3) is 0 Å². The van der Waals surface area contributed by atoms with E-state index in [0.29, 0.717) is 23.6 Å². The third kappa shape index (κ3) is 4.35. The van der Waals surface area contributed by atoms with Gasteiger partial charge in [-0.2, -0.15) is 0 Å². The number of Topliss-reactive ketones (excluding diaryl/α,β-unsaturated/α-hetero) is 1. The summed E-state index contributed by atoms with van der Waals surface area (Å²) in [5.41, 5.74) is 7.02. The van der Waals surface area contributed by atoms with E-state index in [9.17, 15) is 4.79 Å². The Labute approximate surface area is 105 Å². The summed E-state index contributed by atoms with van der Waals surface area (Å²) in [6.07, 6.45) is 2.65. The zero-order valence-electron chi connectivity index (χ0n) is 9.79. The first-order valence-corrected chi connectivity index (χ1v) is 6.37. The van der Waals surface area contributed by atoms with Gasteiger partial charge in [-0.25, -0.2) is 0 Å². The Kier molecular flexibility index (Phi) is 5.00. The smallest absolute Gasteiger partial charge is 0.162 e. The Morgan fingerprint density at radius 2 is 2.06 bits per heavy atom. The van der Waals surface area contributed by atoms with Crippen molar-refractivity contribution in [2.75, 3.05) is 5.73 Å². The molecule has 1 rings (SSSR count). The molecular formula is C13H18BrNO. The minimum atomic E-state index is 0.175. The van der Waals surface area contributed by atoms with E-state index in [4.69, 9.17) is 5.73 Å². The summed E-state index contributed by atoms with van der Waals surface area (Å²) in [7, 11) is 0. The van der Waals surface area contributed by atoms with Crippen LogP contribution in [0, 0.1) is 5.92 Å². The highest BCUT2D eigenvalue weighted by Gasteiger charge is 2.07. The van der Waals surface area contributed by atoms with E-state index in [1.54, 1.807) is 12.1 Å². The van der Waals surface area contributed by atoms with Crippen molar-refractivity contribution in [3.8, 4) is 0 Å². The summed E-state index contributed by atoms with van der Waals surface area (Å²) >= 11 is 3.34. The van der Waals surface area contributed by atoms with Crippen molar-refractivity contribution >= 4 is 27.4 Å². The van der Waals surface area contributed by atoms with E-state index in [2.05, 4.69) is 29.8 Å². The molecule has 16 heavy (non-hydrogen) atoms. The van der Waals surface area contributed by atoms with Crippen LogP contribution in [0.15, 0.2) is 22.7 Å². The fraction of sp³-hybridized carbons (Fsp3) is 0.462. The first-order chi connectivity index (χ1) is 7.49. The number of carbonyl (C=O) groups excluding carboxylic acids is 1. The van der Waals surface area contributed by atoms with Crippen LogP contribution in [0.3, 0.4) is 0 Å². The number of hydrogen-bond donors (Lipinski definition) is 1. The lowest BCUT2D eigenvalue weighted by atomic mass is 10.0. The van der Waals surface area contributed by atoms with Gasteiger partial charge in [0.1, 0.15) is 0 Å². The van der Waals surface area contributed by atoms with Crippen LogP contribution in [-0.2, 0) is 0 Å². The molecule has 0 aliphatic rings. The minimum Gasteiger partial charge on any atom is -0.399 e. The molecule has 0 amide bonds. The Hall–Kier alpha value is -0.830. The molecule has 0 heterocycles. The maximum Gasteiger partial charge on any atom is 0.162 e. The molecule has 0 spiro atoms. The third-order valence-electron chi connectivity index (χ3n) is 2.43. The molecule has 0 aliphatic carbocycles. The van der Waals surface area contributed by atoms with Gasteiger partial charge < -0.3 is 5.73 Å². The highest BCUT2D eigenvalue weighted by Crippen LogP contribution is 2.19. The molecule has 2 N–H and O–H groups in total. The van der Waals surface area contributed by atoms with Gasteiger partial charge in [-0.05, 0) is 30.5 Å². The fourth-order valence-electron chi connectivity index (χ4n) is 1.59. The second-order valence-electron chi connectivity index (χ2n) is 4.48. The van der Waals surface area contributed by atoms with Crippen LogP contribution in [0.2, 0.25) is 0 Å². The number of ketones is 1. The van der Waals surface area contributed by atoms with E-state index in [1.165, 1.54) is 0 Å².